The molecule has 3 aromatic rings. The maximum absolute atomic E-state index is 12.3. The van der Waals surface area contributed by atoms with Crippen LogP contribution in [0, 0.1) is 11.3 Å². The molecule has 0 saturated carbocycles. The summed E-state index contributed by atoms with van der Waals surface area (Å²) in [4.78, 5) is 24.6. The molecule has 0 aliphatic rings. The highest BCUT2D eigenvalue weighted by molar-refractivity contribution is 6.07. The summed E-state index contributed by atoms with van der Waals surface area (Å²) in [6.45, 7) is 0. The number of nitriles is 1. The van der Waals surface area contributed by atoms with Crippen LogP contribution >= 0.6 is 0 Å². The molecule has 0 heterocycles. The van der Waals surface area contributed by atoms with Crippen LogP contribution in [0.15, 0.2) is 78.9 Å². The molecule has 0 spiro atoms. The Morgan fingerprint density at radius 2 is 1.23 bits per heavy atom. The zero-order valence-electron chi connectivity index (χ0n) is 13.8. The van der Waals surface area contributed by atoms with Gasteiger partial charge in [-0.3, -0.25) is 9.59 Å². The molecule has 2 amide bonds. The summed E-state index contributed by atoms with van der Waals surface area (Å²) in [5.41, 5.74) is 2.38. The van der Waals surface area contributed by atoms with Crippen molar-refractivity contribution in [1.82, 2.24) is 0 Å². The van der Waals surface area contributed by atoms with Crippen LogP contribution in [0.25, 0.3) is 0 Å². The molecule has 0 radical (unpaired) electrons. The summed E-state index contributed by atoms with van der Waals surface area (Å²) in [6.07, 6.45) is 0. The lowest BCUT2D eigenvalue weighted by Crippen LogP contribution is -2.14. The van der Waals surface area contributed by atoms with Crippen LogP contribution in [0.5, 0.6) is 0 Å². The monoisotopic (exact) mass is 341 g/mol. The van der Waals surface area contributed by atoms with Crippen molar-refractivity contribution in [3.05, 3.63) is 95.6 Å². The third kappa shape index (κ3) is 3.94. The summed E-state index contributed by atoms with van der Waals surface area (Å²) in [5, 5.41) is 14.6. The van der Waals surface area contributed by atoms with Gasteiger partial charge in [-0.1, -0.05) is 30.3 Å². The van der Waals surface area contributed by atoms with Crippen molar-refractivity contribution in [2.45, 2.75) is 0 Å². The second-order valence-corrected chi connectivity index (χ2v) is 5.51. The maximum atomic E-state index is 12.3. The van der Waals surface area contributed by atoms with Crippen LogP contribution < -0.4 is 10.6 Å². The molecule has 0 unspecified atom stereocenters. The Kier molecular flexibility index (Phi) is 5.06. The zero-order chi connectivity index (χ0) is 18.4. The van der Waals surface area contributed by atoms with Crippen molar-refractivity contribution in [2.75, 3.05) is 10.6 Å². The molecule has 0 fully saturated rings. The van der Waals surface area contributed by atoms with Gasteiger partial charge >= 0.3 is 0 Å². The van der Waals surface area contributed by atoms with Gasteiger partial charge in [0.2, 0.25) is 0 Å². The van der Waals surface area contributed by atoms with Gasteiger partial charge in [-0.15, -0.1) is 0 Å². The number of anilines is 2. The van der Waals surface area contributed by atoms with Crippen LogP contribution in [0.1, 0.15) is 26.3 Å². The van der Waals surface area contributed by atoms with E-state index in [1.54, 1.807) is 60.7 Å². The molecule has 0 atom stereocenters. The number of carbonyl (C=O) groups excluding carboxylic acids is 2. The average Bonchev–Trinajstić information content (AvgIpc) is 2.69. The molecule has 0 aliphatic heterocycles. The first kappa shape index (κ1) is 16.9. The quantitative estimate of drug-likeness (QED) is 0.750. The Morgan fingerprint density at radius 1 is 0.692 bits per heavy atom. The third-order valence-electron chi connectivity index (χ3n) is 3.74. The van der Waals surface area contributed by atoms with E-state index in [0.29, 0.717) is 28.1 Å². The lowest BCUT2D eigenvalue weighted by molar-refractivity contribution is 0.101. The predicted molar refractivity (Wildman–Crippen MR) is 99.9 cm³/mol. The third-order valence-corrected chi connectivity index (χ3v) is 3.74. The number of carbonyl (C=O) groups is 2. The minimum atomic E-state index is -0.345. The van der Waals surface area contributed by atoms with E-state index < -0.39 is 0 Å². The van der Waals surface area contributed by atoms with Crippen molar-refractivity contribution in [2.24, 2.45) is 0 Å². The first-order valence-electron chi connectivity index (χ1n) is 7.94. The lowest BCUT2D eigenvalue weighted by atomic mass is 10.1. The fraction of sp³-hybridized carbons (Fsp3) is 0. The Bertz CT molecular complexity index is 974. The fourth-order valence-electron chi connectivity index (χ4n) is 2.38. The summed E-state index contributed by atoms with van der Waals surface area (Å²) >= 11 is 0. The van der Waals surface area contributed by atoms with Crippen molar-refractivity contribution < 1.29 is 9.59 Å². The van der Waals surface area contributed by atoms with Gasteiger partial charge in [0.25, 0.3) is 11.8 Å². The van der Waals surface area contributed by atoms with Crippen LogP contribution in [0.4, 0.5) is 11.4 Å². The molecule has 0 aliphatic carbocycles. The largest absolute Gasteiger partial charge is 0.322 e. The molecule has 126 valence electrons. The smallest absolute Gasteiger partial charge is 0.255 e. The SMILES string of the molecule is N#Cc1ccccc1NC(=O)c1ccc(C(=O)Nc2ccccc2)cc1. The van der Waals surface area contributed by atoms with E-state index in [1.807, 2.05) is 24.3 Å². The highest BCUT2D eigenvalue weighted by Crippen LogP contribution is 2.16. The first-order valence-corrected chi connectivity index (χ1v) is 7.94. The van der Waals surface area contributed by atoms with Gasteiger partial charge < -0.3 is 10.6 Å². The predicted octanol–water partition coefficient (Wildman–Crippen LogP) is 4.06. The molecule has 0 aromatic heterocycles. The summed E-state index contributed by atoms with van der Waals surface area (Å²) in [6, 6.07) is 24.3. The first-order chi connectivity index (χ1) is 12.7. The molecule has 3 rings (SSSR count). The second kappa shape index (κ2) is 7.77. The van der Waals surface area contributed by atoms with Crippen LogP contribution in [-0.4, -0.2) is 11.8 Å². The van der Waals surface area contributed by atoms with E-state index in [9.17, 15) is 9.59 Å². The Balaban J connectivity index is 1.70. The number of benzene rings is 3. The number of para-hydroxylation sites is 2. The van der Waals surface area contributed by atoms with Crippen molar-refractivity contribution in [3.8, 4) is 6.07 Å². The van der Waals surface area contributed by atoms with Crippen LogP contribution in [-0.2, 0) is 0 Å². The van der Waals surface area contributed by atoms with Crippen molar-refractivity contribution >= 4 is 23.2 Å². The minimum Gasteiger partial charge on any atom is -0.322 e. The van der Waals surface area contributed by atoms with E-state index >= 15 is 0 Å². The zero-order valence-corrected chi connectivity index (χ0v) is 13.8. The number of nitrogens with one attached hydrogen (secondary N) is 2. The number of rotatable bonds is 4. The van der Waals surface area contributed by atoms with Gasteiger partial charge in [-0.2, -0.15) is 5.26 Å². The summed E-state index contributed by atoms with van der Waals surface area (Å²) in [7, 11) is 0. The van der Waals surface area contributed by atoms with Gasteiger partial charge in [-0.05, 0) is 48.5 Å². The van der Waals surface area contributed by atoms with Crippen molar-refractivity contribution in [3.63, 3.8) is 0 Å². The minimum absolute atomic E-state index is 0.252. The molecule has 2 N–H and O–H groups in total. The summed E-state index contributed by atoms with van der Waals surface area (Å²) < 4.78 is 0. The Hall–Kier alpha value is -3.91. The number of hydrogen-bond donors (Lipinski definition) is 2. The van der Waals surface area contributed by atoms with Crippen LogP contribution in [0.3, 0.4) is 0 Å². The standard InChI is InChI=1S/C21H15N3O2/c22-14-17-6-4-5-9-19(17)24-21(26)16-12-10-15(11-13-16)20(25)23-18-7-2-1-3-8-18/h1-13H,(H,23,25)(H,24,26). The Morgan fingerprint density at radius 3 is 1.85 bits per heavy atom. The van der Waals surface area contributed by atoms with E-state index in [2.05, 4.69) is 10.6 Å². The van der Waals surface area contributed by atoms with Gasteiger partial charge in [-0.25, -0.2) is 0 Å². The highest BCUT2D eigenvalue weighted by atomic mass is 16.2. The van der Waals surface area contributed by atoms with Gasteiger partial charge in [0.1, 0.15) is 6.07 Å². The molecule has 5 heteroatoms. The van der Waals surface area contributed by atoms with E-state index in [-0.39, 0.29) is 11.8 Å². The van der Waals surface area contributed by atoms with E-state index in [0.717, 1.165) is 0 Å². The molecule has 5 nitrogen and oxygen atoms in total. The molecular formula is C21H15N3O2. The number of hydrogen-bond acceptors (Lipinski definition) is 3. The number of amides is 2. The van der Waals surface area contributed by atoms with Gasteiger partial charge in [0.05, 0.1) is 11.3 Å². The van der Waals surface area contributed by atoms with Gasteiger partial charge in [0.15, 0.2) is 0 Å². The van der Waals surface area contributed by atoms with E-state index in [1.165, 1.54) is 0 Å². The second-order valence-electron chi connectivity index (χ2n) is 5.51. The highest BCUT2D eigenvalue weighted by Gasteiger charge is 2.11. The van der Waals surface area contributed by atoms with Crippen LogP contribution in [0.2, 0.25) is 0 Å². The summed E-state index contributed by atoms with van der Waals surface area (Å²) in [5.74, 6) is -0.597. The lowest BCUT2D eigenvalue weighted by Gasteiger charge is -2.08. The molecular weight excluding hydrogens is 326 g/mol. The number of nitrogens with zero attached hydrogens (tertiary/aromatic N) is 1. The molecule has 0 saturated heterocycles. The molecule has 3 aromatic carbocycles. The fourth-order valence-corrected chi connectivity index (χ4v) is 2.38. The molecule has 26 heavy (non-hydrogen) atoms. The Labute approximate surface area is 150 Å². The molecule has 0 bridgehead atoms. The van der Waals surface area contributed by atoms with Crippen molar-refractivity contribution in [1.29, 1.82) is 5.26 Å². The topological polar surface area (TPSA) is 82.0 Å². The van der Waals surface area contributed by atoms with Gasteiger partial charge in [0, 0.05) is 16.8 Å². The maximum Gasteiger partial charge on any atom is 0.255 e. The average molecular weight is 341 g/mol. The normalized spacial score (nSPS) is 9.81. The van der Waals surface area contributed by atoms with E-state index in [4.69, 9.17) is 5.26 Å².